The van der Waals surface area contributed by atoms with Crippen molar-refractivity contribution in [1.29, 1.82) is 0 Å². The van der Waals surface area contributed by atoms with E-state index in [9.17, 15) is 9.59 Å². The quantitative estimate of drug-likeness (QED) is 0.190. The lowest BCUT2D eigenvalue weighted by Crippen LogP contribution is -2.19. The summed E-state index contributed by atoms with van der Waals surface area (Å²) < 4.78 is 19.0. The summed E-state index contributed by atoms with van der Waals surface area (Å²) in [5, 5.41) is 0. The Labute approximate surface area is 237 Å². The van der Waals surface area contributed by atoms with Crippen molar-refractivity contribution < 1.29 is 23.8 Å². The molecule has 0 aliphatic carbocycles. The van der Waals surface area contributed by atoms with Crippen molar-refractivity contribution in [2.24, 2.45) is 4.99 Å². The van der Waals surface area contributed by atoms with Crippen LogP contribution >= 0.6 is 31.9 Å². The van der Waals surface area contributed by atoms with Crippen LogP contribution in [0, 0.1) is 6.92 Å². The number of aryl methyl sites for hydroxylation is 1. The maximum atomic E-state index is 12.5. The number of nitrogens with zero attached hydrogens (tertiary/aromatic N) is 4. The number of halogens is 2. The van der Waals surface area contributed by atoms with E-state index in [-0.39, 0.29) is 12.5 Å². The third kappa shape index (κ3) is 6.32. The summed E-state index contributed by atoms with van der Waals surface area (Å²) in [4.78, 5) is 38.6. The Kier molecular flexibility index (Phi) is 9.32. The number of aliphatic imine (C=N–C) groups is 1. The highest BCUT2D eigenvalue weighted by atomic mass is 79.9. The largest absolute Gasteiger partial charge is 0.511 e. The van der Waals surface area contributed by atoms with E-state index in [1.165, 1.54) is 0 Å². The first-order chi connectivity index (χ1) is 18.3. The monoisotopic (exact) mass is 646 g/mol. The van der Waals surface area contributed by atoms with Gasteiger partial charge in [0.1, 0.15) is 18.0 Å². The molecular weight excluding hydrogens is 620 g/mol. The fourth-order valence-corrected chi connectivity index (χ4v) is 4.87. The molecule has 11 heteroatoms. The molecule has 0 amide bonds. The van der Waals surface area contributed by atoms with E-state index in [1.54, 1.807) is 12.4 Å². The van der Waals surface area contributed by atoms with E-state index in [2.05, 4.69) is 46.4 Å². The molecule has 200 valence electrons. The zero-order chi connectivity index (χ0) is 27.2. The number of hydrogen-bond acceptors (Lipinski definition) is 8. The summed E-state index contributed by atoms with van der Waals surface area (Å²) in [6.07, 6.45) is 4.18. The second-order valence-electron chi connectivity index (χ2n) is 8.71. The van der Waals surface area contributed by atoms with Gasteiger partial charge in [0.25, 0.3) is 0 Å². The Bertz CT molecular complexity index is 1340. The van der Waals surface area contributed by atoms with Crippen LogP contribution < -0.4 is 0 Å². The molecule has 0 spiro atoms. The predicted molar refractivity (Wildman–Crippen MR) is 148 cm³/mol. The summed E-state index contributed by atoms with van der Waals surface area (Å²) >= 11 is 7.23. The Hall–Kier alpha value is -3.05. The minimum Gasteiger partial charge on any atom is -0.431 e. The topological polar surface area (TPSA) is 105 Å². The summed E-state index contributed by atoms with van der Waals surface area (Å²) in [6.45, 7) is 5.30. The van der Waals surface area contributed by atoms with E-state index in [0.29, 0.717) is 36.5 Å². The molecule has 0 saturated heterocycles. The summed E-state index contributed by atoms with van der Waals surface area (Å²) in [5.74, 6) is 0.193. The highest BCUT2D eigenvalue weighted by molar-refractivity contribution is 9.13. The molecule has 1 aromatic carbocycles. The maximum absolute atomic E-state index is 12.5. The van der Waals surface area contributed by atoms with Gasteiger partial charge in [-0.05, 0) is 82.3 Å². The molecule has 4 rings (SSSR count). The van der Waals surface area contributed by atoms with Crippen molar-refractivity contribution in [3.8, 4) is 5.69 Å². The number of benzene rings is 1. The normalized spacial score (nSPS) is 14.3. The molecule has 2 aromatic heterocycles. The molecule has 0 saturated carbocycles. The molecule has 0 radical (unpaired) electrons. The van der Waals surface area contributed by atoms with E-state index < -0.39 is 25.0 Å². The van der Waals surface area contributed by atoms with Crippen LogP contribution in [0.1, 0.15) is 68.3 Å². The summed E-state index contributed by atoms with van der Waals surface area (Å²) in [6, 6.07) is 9.25. The van der Waals surface area contributed by atoms with Gasteiger partial charge in [0, 0.05) is 39.0 Å². The maximum Gasteiger partial charge on any atom is 0.511 e. The number of fused-ring (bicyclic) bond motifs is 3. The molecule has 0 bridgehead atoms. The van der Waals surface area contributed by atoms with Crippen molar-refractivity contribution >= 4 is 49.7 Å². The molecular formula is C27H28Br2N4O5. The predicted octanol–water partition coefficient (Wildman–Crippen LogP) is 6.62. The molecule has 0 fully saturated rings. The van der Waals surface area contributed by atoms with Crippen LogP contribution in [-0.4, -0.2) is 45.3 Å². The number of aromatic nitrogens is 3. The standard InChI is InChI=1S/C27H28Br2N4O5/c1-4-17(5-2)38-27(35)37-15-36-24(34)10-9-22-26-31-14-16(3)33(26)23-13-20(29)19(28)12-18(23)25(32-22)21-8-6-7-11-30-21/h6-8,11-14,17,22H,4-5,9-10,15H2,1-3H3/t22-/m0/s1. The Morgan fingerprint density at radius 3 is 2.55 bits per heavy atom. The lowest BCUT2D eigenvalue weighted by atomic mass is 10.0. The molecule has 3 heterocycles. The van der Waals surface area contributed by atoms with Gasteiger partial charge < -0.3 is 14.2 Å². The number of pyridine rings is 1. The Morgan fingerprint density at radius 2 is 1.84 bits per heavy atom. The zero-order valence-corrected chi connectivity index (χ0v) is 24.5. The molecule has 1 atom stereocenters. The van der Waals surface area contributed by atoms with E-state index in [1.807, 2.05) is 51.1 Å². The van der Waals surface area contributed by atoms with Gasteiger partial charge >= 0.3 is 12.1 Å². The average molecular weight is 648 g/mol. The number of carbonyl (C=O) groups is 2. The minimum atomic E-state index is -0.854. The summed E-state index contributed by atoms with van der Waals surface area (Å²) in [7, 11) is 0. The van der Waals surface area contributed by atoms with Gasteiger partial charge in [-0.3, -0.25) is 19.3 Å². The van der Waals surface area contributed by atoms with Crippen LogP contribution in [0.5, 0.6) is 0 Å². The lowest BCUT2D eigenvalue weighted by Gasteiger charge is -2.15. The average Bonchev–Trinajstić information content (AvgIpc) is 3.24. The van der Waals surface area contributed by atoms with Crippen LogP contribution in [0.4, 0.5) is 4.79 Å². The highest BCUT2D eigenvalue weighted by Crippen LogP contribution is 2.37. The van der Waals surface area contributed by atoms with Crippen molar-refractivity contribution in [2.45, 2.75) is 58.6 Å². The highest BCUT2D eigenvalue weighted by Gasteiger charge is 2.29. The number of ether oxygens (including phenoxy) is 3. The van der Waals surface area contributed by atoms with E-state index in [0.717, 1.165) is 25.9 Å². The van der Waals surface area contributed by atoms with Gasteiger partial charge in [0.15, 0.2) is 0 Å². The first kappa shape index (κ1) is 28.0. The molecule has 3 aromatic rings. The number of imidazole rings is 1. The first-order valence-corrected chi connectivity index (χ1v) is 13.9. The Balaban J connectivity index is 1.55. The number of carbonyl (C=O) groups excluding carboxylic acids is 2. The van der Waals surface area contributed by atoms with Crippen LogP contribution in [0.25, 0.3) is 5.69 Å². The van der Waals surface area contributed by atoms with Gasteiger partial charge in [-0.1, -0.05) is 19.9 Å². The van der Waals surface area contributed by atoms with Crippen LogP contribution in [0.3, 0.4) is 0 Å². The van der Waals surface area contributed by atoms with Crippen LogP contribution in [0.2, 0.25) is 0 Å². The van der Waals surface area contributed by atoms with Gasteiger partial charge in [0.2, 0.25) is 6.79 Å². The van der Waals surface area contributed by atoms with Crippen molar-refractivity contribution in [3.05, 3.63) is 74.4 Å². The van der Waals surface area contributed by atoms with Crippen molar-refractivity contribution in [2.75, 3.05) is 6.79 Å². The molecule has 9 nitrogen and oxygen atoms in total. The molecule has 1 aliphatic heterocycles. The minimum absolute atomic E-state index is 0.0459. The smallest absolute Gasteiger partial charge is 0.431 e. The van der Waals surface area contributed by atoms with E-state index in [4.69, 9.17) is 19.2 Å². The molecule has 0 N–H and O–H groups in total. The molecule has 1 aliphatic rings. The number of esters is 1. The first-order valence-electron chi connectivity index (χ1n) is 12.3. The Morgan fingerprint density at radius 1 is 1.08 bits per heavy atom. The summed E-state index contributed by atoms with van der Waals surface area (Å²) in [5.41, 5.74) is 4.14. The molecule has 0 unspecified atom stereocenters. The second-order valence-corrected chi connectivity index (χ2v) is 10.4. The van der Waals surface area contributed by atoms with Crippen molar-refractivity contribution in [1.82, 2.24) is 14.5 Å². The fraction of sp³-hybridized carbons (Fsp3) is 0.370. The second kappa shape index (κ2) is 12.7. The number of rotatable bonds is 9. The van der Waals surface area contributed by atoms with Gasteiger partial charge in [-0.25, -0.2) is 9.78 Å². The van der Waals surface area contributed by atoms with E-state index >= 15 is 0 Å². The van der Waals surface area contributed by atoms with Crippen LogP contribution in [-0.2, 0) is 19.0 Å². The molecule has 38 heavy (non-hydrogen) atoms. The SMILES string of the molecule is CCC(CC)OC(=O)OCOC(=O)CC[C@@H]1N=C(c2ccccn2)c2cc(Br)c(Br)cc2-n2c(C)cnc21. The van der Waals surface area contributed by atoms with Crippen molar-refractivity contribution in [3.63, 3.8) is 0 Å². The fourth-order valence-electron chi connectivity index (χ4n) is 4.19. The zero-order valence-electron chi connectivity index (χ0n) is 21.3. The van der Waals surface area contributed by atoms with Crippen LogP contribution in [0.15, 0.2) is 56.7 Å². The number of hydrogen-bond donors (Lipinski definition) is 0. The third-order valence-corrected chi connectivity index (χ3v) is 8.03. The van der Waals surface area contributed by atoms with Gasteiger partial charge in [-0.15, -0.1) is 0 Å². The lowest BCUT2D eigenvalue weighted by molar-refractivity contribution is -0.154. The third-order valence-electron chi connectivity index (χ3n) is 6.18. The van der Waals surface area contributed by atoms with Gasteiger partial charge in [0.05, 0.1) is 17.1 Å². The van der Waals surface area contributed by atoms with Gasteiger partial charge in [-0.2, -0.15) is 0 Å².